The number of benzene rings is 3. The second-order valence-corrected chi connectivity index (χ2v) is 8.82. The maximum atomic E-state index is 13.5. The monoisotopic (exact) mass is 473 g/mol. The van der Waals surface area contributed by atoms with Gasteiger partial charge >= 0.3 is 0 Å². The van der Waals surface area contributed by atoms with E-state index in [9.17, 15) is 4.79 Å². The summed E-state index contributed by atoms with van der Waals surface area (Å²) in [4.78, 5) is 26.2. The van der Waals surface area contributed by atoms with E-state index in [1.54, 1.807) is 6.21 Å². The molecule has 8 heteroatoms. The zero-order valence-electron chi connectivity index (χ0n) is 19.8. The third-order valence-corrected chi connectivity index (χ3v) is 6.11. The van der Waals surface area contributed by atoms with E-state index in [4.69, 9.17) is 15.7 Å². The first-order valence-corrected chi connectivity index (χ1v) is 11.5. The van der Waals surface area contributed by atoms with E-state index in [-0.39, 0.29) is 17.3 Å². The SMILES string of the molecule is Cc1cc(C)cc(NC(=O)c2c(N)n(/N=C/c3c[nH]c4ccccc34)c3nc4ccccc4nc23)c1. The first-order chi connectivity index (χ1) is 17.5. The maximum absolute atomic E-state index is 13.5. The standard InChI is InChI=1S/C28H23N7O/c1-16-11-17(2)13-19(12-16)32-28(36)24-25-27(34-23-10-6-5-9-22(23)33-25)35(26(24)29)31-15-18-14-30-21-8-4-3-7-20(18)21/h3-15,30H,29H2,1-2H3,(H,32,36)/b31-15+. The second-order valence-electron chi connectivity index (χ2n) is 8.82. The molecule has 0 saturated heterocycles. The number of aryl methyl sites for hydroxylation is 2. The van der Waals surface area contributed by atoms with Crippen molar-refractivity contribution in [3.05, 3.63) is 95.2 Å². The van der Waals surface area contributed by atoms with E-state index in [0.717, 1.165) is 27.6 Å². The van der Waals surface area contributed by atoms with E-state index >= 15 is 0 Å². The van der Waals surface area contributed by atoms with E-state index in [1.807, 2.05) is 86.8 Å². The van der Waals surface area contributed by atoms with Crippen LogP contribution in [0, 0.1) is 13.8 Å². The Labute approximate surface area is 206 Å². The molecular formula is C28H23N7O. The molecule has 8 nitrogen and oxygen atoms in total. The van der Waals surface area contributed by atoms with Crippen molar-refractivity contribution in [1.82, 2.24) is 19.6 Å². The van der Waals surface area contributed by atoms with Gasteiger partial charge in [0.05, 0.1) is 17.2 Å². The lowest BCUT2D eigenvalue weighted by molar-refractivity contribution is 0.102. The minimum atomic E-state index is -0.367. The smallest absolute Gasteiger partial charge is 0.261 e. The van der Waals surface area contributed by atoms with Crippen LogP contribution in [0.25, 0.3) is 33.1 Å². The number of aromatic amines is 1. The number of nitrogens with two attached hydrogens (primary N) is 1. The molecule has 176 valence electrons. The fourth-order valence-electron chi connectivity index (χ4n) is 4.55. The van der Waals surface area contributed by atoms with Gasteiger partial charge in [0.2, 0.25) is 0 Å². The number of nitrogens with zero attached hydrogens (tertiary/aromatic N) is 4. The van der Waals surface area contributed by atoms with Crippen LogP contribution in [0.4, 0.5) is 11.5 Å². The number of hydrogen-bond acceptors (Lipinski definition) is 5. The predicted molar refractivity (Wildman–Crippen MR) is 145 cm³/mol. The molecular weight excluding hydrogens is 450 g/mol. The van der Waals surface area contributed by atoms with E-state index in [0.29, 0.717) is 27.9 Å². The van der Waals surface area contributed by atoms with Crippen LogP contribution < -0.4 is 11.1 Å². The average molecular weight is 474 g/mol. The lowest BCUT2D eigenvalue weighted by atomic mass is 10.1. The summed E-state index contributed by atoms with van der Waals surface area (Å²) in [5.74, 6) is -0.202. The van der Waals surface area contributed by atoms with Gasteiger partial charge in [0.15, 0.2) is 5.65 Å². The molecule has 3 aromatic carbocycles. The van der Waals surface area contributed by atoms with Crippen molar-refractivity contribution in [1.29, 1.82) is 0 Å². The van der Waals surface area contributed by atoms with E-state index < -0.39 is 0 Å². The van der Waals surface area contributed by atoms with Crippen LogP contribution in [-0.4, -0.2) is 31.7 Å². The van der Waals surface area contributed by atoms with Crippen LogP contribution in [0.15, 0.2) is 78.0 Å². The van der Waals surface area contributed by atoms with Gasteiger partial charge in [-0.3, -0.25) is 4.79 Å². The molecule has 6 aromatic rings. The highest BCUT2D eigenvalue weighted by atomic mass is 16.1. The van der Waals surface area contributed by atoms with Crippen molar-refractivity contribution in [2.75, 3.05) is 11.1 Å². The first kappa shape index (κ1) is 21.5. The highest BCUT2D eigenvalue weighted by Crippen LogP contribution is 2.29. The summed E-state index contributed by atoms with van der Waals surface area (Å²) in [5, 5.41) is 8.64. The highest BCUT2D eigenvalue weighted by Gasteiger charge is 2.24. The fraction of sp³-hybridized carbons (Fsp3) is 0.0714. The molecule has 0 aliphatic heterocycles. The number of rotatable bonds is 4. The molecule has 0 spiro atoms. The number of para-hydroxylation sites is 3. The number of hydrogen-bond donors (Lipinski definition) is 3. The maximum Gasteiger partial charge on any atom is 0.261 e. The van der Waals surface area contributed by atoms with Gasteiger partial charge in [0, 0.05) is 28.4 Å². The van der Waals surface area contributed by atoms with Crippen molar-refractivity contribution in [3.63, 3.8) is 0 Å². The largest absolute Gasteiger partial charge is 0.383 e. The Morgan fingerprint density at radius 2 is 1.69 bits per heavy atom. The van der Waals surface area contributed by atoms with Gasteiger partial charge in [0.25, 0.3) is 5.91 Å². The summed E-state index contributed by atoms with van der Waals surface area (Å²) < 4.78 is 1.48. The zero-order valence-corrected chi connectivity index (χ0v) is 19.8. The second kappa shape index (κ2) is 8.35. The normalized spacial score (nSPS) is 11.7. The van der Waals surface area contributed by atoms with Crippen LogP contribution >= 0.6 is 0 Å². The lowest BCUT2D eigenvalue weighted by Gasteiger charge is -2.07. The molecule has 0 unspecified atom stereocenters. The molecule has 3 aromatic heterocycles. The van der Waals surface area contributed by atoms with Crippen molar-refractivity contribution >= 4 is 56.7 Å². The summed E-state index contributed by atoms with van der Waals surface area (Å²) in [5.41, 5.74) is 13.6. The minimum Gasteiger partial charge on any atom is -0.383 e. The van der Waals surface area contributed by atoms with Gasteiger partial charge in [-0.25, -0.2) is 9.97 Å². The average Bonchev–Trinajstić information content (AvgIpc) is 3.38. The Kier molecular flexibility index (Phi) is 5.00. The van der Waals surface area contributed by atoms with Crippen LogP contribution in [-0.2, 0) is 0 Å². The molecule has 0 aliphatic carbocycles. The quantitative estimate of drug-likeness (QED) is 0.297. The number of anilines is 2. The molecule has 36 heavy (non-hydrogen) atoms. The number of nitrogens with one attached hydrogen (secondary N) is 2. The number of carbonyl (C=O) groups excluding carboxylic acids is 1. The summed E-state index contributed by atoms with van der Waals surface area (Å²) in [6, 6.07) is 21.3. The van der Waals surface area contributed by atoms with Crippen molar-refractivity contribution in [3.8, 4) is 0 Å². The first-order valence-electron chi connectivity index (χ1n) is 11.5. The fourth-order valence-corrected chi connectivity index (χ4v) is 4.55. The van der Waals surface area contributed by atoms with E-state index in [2.05, 4.69) is 15.4 Å². The molecule has 0 bridgehead atoms. The summed E-state index contributed by atoms with van der Waals surface area (Å²) >= 11 is 0. The molecule has 0 saturated carbocycles. The van der Waals surface area contributed by atoms with Gasteiger partial charge in [-0.1, -0.05) is 36.4 Å². The Balaban J connectivity index is 1.51. The third kappa shape index (κ3) is 3.65. The summed E-state index contributed by atoms with van der Waals surface area (Å²) in [7, 11) is 0. The van der Waals surface area contributed by atoms with Crippen molar-refractivity contribution in [2.24, 2.45) is 5.10 Å². The minimum absolute atomic E-state index is 0.165. The Bertz CT molecular complexity index is 1810. The van der Waals surface area contributed by atoms with Gasteiger partial charge in [-0.2, -0.15) is 9.78 Å². The Morgan fingerprint density at radius 1 is 1.00 bits per heavy atom. The van der Waals surface area contributed by atoms with Crippen LogP contribution in [0.1, 0.15) is 27.0 Å². The van der Waals surface area contributed by atoms with Crippen LogP contribution in [0.5, 0.6) is 0 Å². The molecule has 1 amide bonds. The third-order valence-electron chi connectivity index (χ3n) is 6.11. The molecule has 0 fully saturated rings. The van der Waals surface area contributed by atoms with E-state index in [1.165, 1.54) is 4.68 Å². The number of nitrogen functional groups attached to an aromatic ring is 1. The zero-order chi connectivity index (χ0) is 24.8. The molecule has 4 N–H and O–H groups in total. The number of fused-ring (bicyclic) bond motifs is 3. The van der Waals surface area contributed by atoms with Gasteiger partial charge < -0.3 is 16.0 Å². The van der Waals surface area contributed by atoms with Crippen LogP contribution in [0.3, 0.4) is 0 Å². The summed E-state index contributed by atoms with van der Waals surface area (Å²) in [6.07, 6.45) is 3.59. The van der Waals surface area contributed by atoms with Gasteiger partial charge in [-0.15, -0.1) is 0 Å². The topological polar surface area (TPSA) is 114 Å². The number of carbonyl (C=O) groups is 1. The lowest BCUT2D eigenvalue weighted by Crippen LogP contribution is -2.14. The number of H-pyrrole nitrogens is 1. The molecule has 6 rings (SSSR count). The summed E-state index contributed by atoms with van der Waals surface area (Å²) in [6.45, 7) is 3.97. The Hall–Kier alpha value is -4.98. The molecule has 3 heterocycles. The number of amides is 1. The predicted octanol–water partition coefficient (Wildman–Crippen LogP) is 5.40. The number of aromatic nitrogens is 4. The molecule has 0 radical (unpaired) electrons. The molecule has 0 atom stereocenters. The van der Waals surface area contributed by atoms with Gasteiger partial charge in [0.1, 0.15) is 16.9 Å². The van der Waals surface area contributed by atoms with Crippen molar-refractivity contribution in [2.45, 2.75) is 13.8 Å². The highest BCUT2D eigenvalue weighted by molar-refractivity contribution is 6.16. The van der Waals surface area contributed by atoms with Gasteiger partial charge in [-0.05, 0) is 55.3 Å². The van der Waals surface area contributed by atoms with Crippen molar-refractivity contribution < 1.29 is 4.79 Å². The van der Waals surface area contributed by atoms with Crippen LogP contribution in [0.2, 0.25) is 0 Å². The Morgan fingerprint density at radius 3 is 2.47 bits per heavy atom. The molecule has 0 aliphatic rings.